The van der Waals surface area contributed by atoms with Gasteiger partial charge in [-0.3, -0.25) is 4.72 Å². The van der Waals surface area contributed by atoms with E-state index >= 15 is 0 Å². The van der Waals surface area contributed by atoms with Gasteiger partial charge in [0, 0.05) is 16.6 Å². The van der Waals surface area contributed by atoms with Crippen LogP contribution in [0.2, 0.25) is 5.02 Å². The molecule has 3 unspecified atom stereocenters. The van der Waals surface area contributed by atoms with Gasteiger partial charge >= 0.3 is 0 Å². The maximum Gasteiger partial charge on any atom is 0.261 e. The molecule has 1 aliphatic heterocycles. The minimum Gasteiger partial charge on any atom is -0.378 e. The number of nitrogens with one attached hydrogen (secondary N) is 2. The molecular formula is C26H25ClN2O2S. The van der Waals surface area contributed by atoms with Gasteiger partial charge in [0.15, 0.2) is 0 Å². The molecule has 0 amide bonds. The topological polar surface area (TPSA) is 58.2 Å². The van der Waals surface area contributed by atoms with Crippen LogP contribution in [-0.4, -0.2) is 8.42 Å². The predicted molar refractivity (Wildman–Crippen MR) is 131 cm³/mol. The van der Waals surface area contributed by atoms with E-state index < -0.39 is 10.0 Å². The molecule has 32 heavy (non-hydrogen) atoms. The van der Waals surface area contributed by atoms with Crippen LogP contribution in [0.25, 0.3) is 0 Å². The summed E-state index contributed by atoms with van der Waals surface area (Å²) < 4.78 is 28.9. The molecule has 0 radical (unpaired) electrons. The van der Waals surface area contributed by atoms with Gasteiger partial charge in [0.1, 0.15) is 0 Å². The number of allylic oxidation sites excluding steroid dienone is 2. The zero-order valence-electron chi connectivity index (χ0n) is 18.0. The lowest BCUT2D eigenvalue weighted by molar-refractivity contribution is 0.425. The number of benzene rings is 3. The van der Waals surface area contributed by atoms with E-state index in [9.17, 15) is 8.42 Å². The number of rotatable bonds is 4. The van der Waals surface area contributed by atoms with Crippen molar-refractivity contribution < 1.29 is 8.42 Å². The Morgan fingerprint density at radius 3 is 2.53 bits per heavy atom. The van der Waals surface area contributed by atoms with Gasteiger partial charge in [-0.25, -0.2) is 8.42 Å². The second-order valence-corrected chi connectivity index (χ2v) is 10.8. The van der Waals surface area contributed by atoms with E-state index in [1.54, 1.807) is 30.3 Å². The van der Waals surface area contributed by atoms with Crippen molar-refractivity contribution in [3.63, 3.8) is 0 Å². The summed E-state index contributed by atoms with van der Waals surface area (Å²) in [5.74, 6) is 0.536. The van der Waals surface area contributed by atoms with E-state index in [4.69, 9.17) is 11.6 Å². The third kappa shape index (κ3) is 3.80. The van der Waals surface area contributed by atoms with Crippen molar-refractivity contribution in [3.05, 3.63) is 100 Å². The van der Waals surface area contributed by atoms with Gasteiger partial charge in [0.2, 0.25) is 0 Å². The Bertz CT molecular complexity index is 1320. The molecule has 0 bridgehead atoms. The quantitative estimate of drug-likeness (QED) is 0.428. The Morgan fingerprint density at radius 2 is 1.78 bits per heavy atom. The molecule has 2 aliphatic rings. The van der Waals surface area contributed by atoms with Crippen LogP contribution in [0.1, 0.15) is 40.6 Å². The van der Waals surface area contributed by atoms with Gasteiger partial charge in [-0.05, 0) is 73.2 Å². The monoisotopic (exact) mass is 464 g/mol. The summed E-state index contributed by atoms with van der Waals surface area (Å²) in [6.07, 6.45) is 5.39. The van der Waals surface area contributed by atoms with E-state index in [0.29, 0.717) is 16.6 Å². The van der Waals surface area contributed by atoms with Crippen LogP contribution < -0.4 is 10.0 Å². The molecule has 4 nitrogen and oxygen atoms in total. The van der Waals surface area contributed by atoms with E-state index in [0.717, 1.165) is 23.2 Å². The first-order valence-corrected chi connectivity index (χ1v) is 12.6. The fraction of sp³-hybridized carbons (Fsp3) is 0.231. The Kier molecular flexibility index (Phi) is 5.26. The number of sulfonamides is 1. The van der Waals surface area contributed by atoms with E-state index in [1.807, 2.05) is 13.0 Å². The first-order valence-electron chi connectivity index (χ1n) is 10.7. The predicted octanol–water partition coefficient (Wildman–Crippen LogP) is 6.58. The molecule has 5 rings (SSSR count). The van der Waals surface area contributed by atoms with Crippen LogP contribution in [0.5, 0.6) is 0 Å². The smallest absolute Gasteiger partial charge is 0.261 e. The number of fused-ring (bicyclic) bond motifs is 3. The molecule has 1 aliphatic carbocycles. The molecule has 3 atom stereocenters. The van der Waals surface area contributed by atoms with Gasteiger partial charge < -0.3 is 5.32 Å². The molecule has 0 saturated carbocycles. The number of halogens is 1. The van der Waals surface area contributed by atoms with Gasteiger partial charge in [-0.1, -0.05) is 59.6 Å². The minimum atomic E-state index is -3.74. The SMILES string of the molecule is Cc1ccc(C2Nc3ccc(S(=O)(=O)Nc4ccc(C)c(Cl)c4)cc3C3C=CCC32)cc1. The molecule has 0 fully saturated rings. The Labute approximate surface area is 194 Å². The van der Waals surface area contributed by atoms with Crippen LogP contribution in [0, 0.1) is 19.8 Å². The summed E-state index contributed by atoms with van der Waals surface area (Å²) in [6, 6.07) is 19.4. The van der Waals surface area contributed by atoms with Crippen molar-refractivity contribution in [3.8, 4) is 0 Å². The summed E-state index contributed by atoms with van der Waals surface area (Å²) in [5.41, 5.74) is 5.86. The molecule has 3 aromatic carbocycles. The summed E-state index contributed by atoms with van der Waals surface area (Å²) in [5, 5.41) is 4.20. The van der Waals surface area contributed by atoms with Crippen molar-refractivity contribution in [1.82, 2.24) is 0 Å². The largest absolute Gasteiger partial charge is 0.378 e. The molecule has 164 valence electrons. The average Bonchev–Trinajstić information content (AvgIpc) is 3.26. The lowest BCUT2D eigenvalue weighted by Gasteiger charge is -2.37. The first kappa shape index (κ1) is 21.1. The van der Waals surface area contributed by atoms with E-state index in [1.165, 1.54) is 11.1 Å². The molecule has 3 aromatic rings. The van der Waals surface area contributed by atoms with Crippen molar-refractivity contribution in [2.75, 3.05) is 10.0 Å². The van der Waals surface area contributed by atoms with Gasteiger partial charge in [-0.2, -0.15) is 0 Å². The van der Waals surface area contributed by atoms with E-state index in [2.05, 4.69) is 53.4 Å². The molecule has 1 heterocycles. The highest BCUT2D eigenvalue weighted by molar-refractivity contribution is 7.92. The van der Waals surface area contributed by atoms with Crippen LogP contribution in [0.3, 0.4) is 0 Å². The van der Waals surface area contributed by atoms with Gasteiger partial charge in [0.05, 0.1) is 16.6 Å². The summed E-state index contributed by atoms with van der Waals surface area (Å²) in [7, 11) is -3.74. The highest BCUT2D eigenvalue weighted by Crippen LogP contribution is 2.50. The standard InChI is InChI=1S/C26H25ClN2O2S/c1-16-6-9-18(10-7-16)26-22-5-3-4-21(22)23-15-20(12-13-25(23)28-26)32(30,31)29-19-11-8-17(2)24(27)14-19/h3-4,6-15,21-22,26,28-29H,5H2,1-2H3. The van der Waals surface area contributed by atoms with Crippen LogP contribution in [-0.2, 0) is 10.0 Å². The van der Waals surface area contributed by atoms with Gasteiger partial charge in [-0.15, -0.1) is 0 Å². The average molecular weight is 465 g/mol. The molecule has 2 N–H and O–H groups in total. The number of hydrogen-bond acceptors (Lipinski definition) is 3. The van der Waals surface area contributed by atoms with Crippen LogP contribution >= 0.6 is 11.6 Å². The lowest BCUT2D eigenvalue weighted by atomic mass is 9.77. The zero-order chi connectivity index (χ0) is 22.5. The lowest BCUT2D eigenvalue weighted by Crippen LogP contribution is -2.29. The summed E-state index contributed by atoms with van der Waals surface area (Å²) >= 11 is 6.17. The maximum atomic E-state index is 13.1. The zero-order valence-corrected chi connectivity index (χ0v) is 19.5. The molecule has 0 saturated heterocycles. The first-order chi connectivity index (χ1) is 15.3. The summed E-state index contributed by atoms with van der Waals surface area (Å²) in [6.45, 7) is 3.97. The van der Waals surface area contributed by atoms with Crippen molar-refractivity contribution in [2.24, 2.45) is 5.92 Å². The normalized spacial score (nSPS) is 21.5. The van der Waals surface area contributed by atoms with E-state index in [-0.39, 0.29) is 16.9 Å². The fourth-order valence-corrected chi connectivity index (χ4v) is 5.98. The van der Waals surface area contributed by atoms with Crippen molar-refractivity contribution >= 4 is 33.0 Å². The van der Waals surface area contributed by atoms with Crippen molar-refractivity contribution in [1.29, 1.82) is 0 Å². The number of aryl methyl sites for hydroxylation is 2. The fourth-order valence-electron chi connectivity index (χ4n) is 4.71. The third-order valence-corrected chi connectivity index (χ3v) is 8.29. The highest BCUT2D eigenvalue weighted by atomic mass is 35.5. The second-order valence-electron chi connectivity index (χ2n) is 8.70. The second kappa shape index (κ2) is 7.98. The molecule has 6 heteroatoms. The Hall–Kier alpha value is -2.76. The number of anilines is 2. The minimum absolute atomic E-state index is 0.182. The Balaban J connectivity index is 1.48. The maximum absolute atomic E-state index is 13.1. The Morgan fingerprint density at radius 1 is 1.00 bits per heavy atom. The van der Waals surface area contributed by atoms with Crippen molar-refractivity contribution in [2.45, 2.75) is 37.1 Å². The summed E-state index contributed by atoms with van der Waals surface area (Å²) in [4.78, 5) is 0.252. The third-order valence-electron chi connectivity index (χ3n) is 6.51. The van der Waals surface area contributed by atoms with Crippen LogP contribution in [0.4, 0.5) is 11.4 Å². The molecular weight excluding hydrogens is 440 g/mol. The molecule has 0 spiro atoms. The number of hydrogen-bond donors (Lipinski definition) is 2. The highest BCUT2D eigenvalue weighted by Gasteiger charge is 2.38. The van der Waals surface area contributed by atoms with Gasteiger partial charge in [0.25, 0.3) is 10.0 Å². The van der Waals surface area contributed by atoms with Crippen LogP contribution in [0.15, 0.2) is 77.7 Å². The molecule has 0 aromatic heterocycles.